The number of amides is 2. The van der Waals surface area contributed by atoms with E-state index in [0.717, 1.165) is 17.0 Å². The van der Waals surface area contributed by atoms with Gasteiger partial charge in [0.2, 0.25) is 0 Å². The molecule has 0 radical (unpaired) electrons. The third-order valence-corrected chi connectivity index (χ3v) is 8.23. The Hall–Kier alpha value is -2.27. The van der Waals surface area contributed by atoms with Crippen molar-refractivity contribution >= 4 is 26.8 Å². The van der Waals surface area contributed by atoms with Crippen molar-refractivity contribution in [1.82, 2.24) is 20.1 Å². The van der Waals surface area contributed by atoms with Crippen LogP contribution in [0.25, 0.3) is 10.9 Å². The number of carbonyl (C=O) groups is 1. The average molecular weight is 473 g/mol. The van der Waals surface area contributed by atoms with Crippen LogP contribution in [0.2, 0.25) is 0 Å². The second kappa shape index (κ2) is 7.95. The van der Waals surface area contributed by atoms with Crippen molar-refractivity contribution in [2.24, 2.45) is 0 Å². The van der Waals surface area contributed by atoms with Gasteiger partial charge in [0.15, 0.2) is 0 Å². The fraction of sp³-hybridized carbons (Fsp3) is 0.571. The maximum Gasteiger partial charge on any atom is 0.501 e. The maximum atomic E-state index is 13.3. The van der Waals surface area contributed by atoms with Crippen LogP contribution in [0.4, 0.5) is 18.0 Å². The number of benzene rings is 1. The molecule has 2 amide bonds. The molecule has 1 fully saturated rings. The molecule has 3 atom stereocenters. The number of sulfone groups is 1. The Morgan fingerprint density at radius 3 is 2.59 bits per heavy atom. The number of H-pyrrole nitrogens is 1. The number of nitrogens with one attached hydrogen (secondary N) is 2. The first kappa shape index (κ1) is 22.9. The third-order valence-electron chi connectivity index (χ3n) is 6.76. The minimum atomic E-state index is -5.48. The normalized spacial score (nSPS) is 23.8. The van der Waals surface area contributed by atoms with Crippen molar-refractivity contribution in [2.45, 2.75) is 55.1 Å². The van der Waals surface area contributed by atoms with Crippen molar-refractivity contribution in [1.29, 1.82) is 0 Å². The lowest BCUT2D eigenvalue weighted by molar-refractivity contribution is -0.0436. The quantitative estimate of drug-likeness (QED) is 0.716. The summed E-state index contributed by atoms with van der Waals surface area (Å²) in [6, 6.07) is 1.88. The monoisotopic (exact) mass is 472 g/mol. The SMILES string of the molecule is CCN(CC)C(=O)NC1C[C@@H]2c3cc(S(=O)(=O)C(F)(F)F)cc4[nH]cc(c34)C[C@H]2N(C)C1. The fourth-order valence-corrected chi connectivity index (χ4v) is 5.98. The first-order chi connectivity index (χ1) is 15.0. The second-order valence-electron chi connectivity index (χ2n) is 8.57. The summed E-state index contributed by atoms with van der Waals surface area (Å²) in [6.45, 7) is 5.54. The lowest BCUT2D eigenvalue weighted by atomic mass is 9.74. The molecule has 1 unspecified atom stereocenters. The molecule has 1 aromatic carbocycles. The van der Waals surface area contributed by atoms with Gasteiger partial charge in [-0.1, -0.05) is 0 Å². The number of piperidine rings is 1. The summed E-state index contributed by atoms with van der Waals surface area (Å²) < 4.78 is 64.1. The highest BCUT2D eigenvalue weighted by molar-refractivity contribution is 7.92. The number of nitrogens with zero attached hydrogens (tertiary/aromatic N) is 2. The molecule has 1 aliphatic carbocycles. The van der Waals surface area contributed by atoms with Gasteiger partial charge in [-0.3, -0.25) is 0 Å². The van der Waals surface area contributed by atoms with Crippen LogP contribution in [0.15, 0.2) is 23.2 Å². The van der Waals surface area contributed by atoms with E-state index in [1.165, 1.54) is 6.07 Å². The zero-order chi connectivity index (χ0) is 23.4. The van der Waals surface area contributed by atoms with Gasteiger partial charge in [0.05, 0.1) is 4.90 Å². The van der Waals surface area contributed by atoms with Crippen molar-refractivity contribution < 1.29 is 26.4 Å². The summed E-state index contributed by atoms with van der Waals surface area (Å²) >= 11 is 0. The number of fused-ring (bicyclic) bond motifs is 2. The Bertz CT molecular complexity index is 1140. The highest BCUT2D eigenvalue weighted by atomic mass is 32.2. The molecule has 4 rings (SSSR count). The Labute approximate surface area is 184 Å². The van der Waals surface area contributed by atoms with E-state index in [-0.39, 0.29) is 24.0 Å². The average Bonchev–Trinajstić information content (AvgIpc) is 3.12. The highest BCUT2D eigenvalue weighted by Gasteiger charge is 2.48. The van der Waals surface area contributed by atoms with Crippen LogP contribution in [0, 0.1) is 0 Å². The molecule has 2 N–H and O–H groups in total. The third kappa shape index (κ3) is 3.64. The van der Waals surface area contributed by atoms with Crippen LogP contribution in [-0.4, -0.2) is 73.5 Å². The van der Waals surface area contributed by atoms with Crippen molar-refractivity contribution in [3.8, 4) is 0 Å². The van der Waals surface area contributed by atoms with Gasteiger partial charge in [0.25, 0.3) is 9.84 Å². The minimum absolute atomic E-state index is 0.00643. The van der Waals surface area contributed by atoms with Gasteiger partial charge in [-0.15, -0.1) is 0 Å². The Morgan fingerprint density at radius 1 is 1.28 bits per heavy atom. The number of alkyl halides is 3. The van der Waals surface area contributed by atoms with Crippen LogP contribution in [0.5, 0.6) is 0 Å². The number of hydrogen-bond donors (Lipinski definition) is 2. The molecule has 0 spiro atoms. The van der Waals surface area contributed by atoms with Crippen molar-refractivity contribution in [3.05, 3.63) is 29.5 Å². The van der Waals surface area contributed by atoms with Crippen LogP contribution < -0.4 is 5.32 Å². The van der Waals surface area contributed by atoms with Crippen LogP contribution in [0.3, 0.4) is 0 Å². The number of rotatable bonds is 4. The van der Waals surface area contributed by atoms with Gasteiger partial charge in [-0.2, -0.15) is 13.2 Å². The Kier molecular flexibility index (Phi) is 5.69. The molecule has 1 aromatic heterocycles. The van der Waals surface area contributed by atoms with E-state index in [4.69, 9.17) is 0 Å². The van der Waals surface area contributed by atoms with Gasteiger partial charge in [0.1, 0.15) is 0 Å². The lowest BCUT2D eigenvalue weighted by Gasteiger charge is -2.46. The van der Waals surface area contributed by atoms with Crippen LogP contribution in [-0.2, 0) is 16.3 Å². The summed E-state index contributed by atoms with van der Waals surface area (Å²) in [5.74, 6) is -0.204. The number of likely N-dealkylation sites (tertiary alicyclic amines) is 1. The van der Waals surface area contributed by atoms with E-state index in [2.05, 4.69) is 15.2 Å². The van der Waals surface area contributed by atoms with E-state index in [1.54, 1.807) is 11.1 Å². The smallest absolute Gasteiger partial charge is 0.361 e. The summed E-state index contributed by atoms with van der Waals surface area (Å²) in [6.07, 6.45) is 2.98. The van der Waals surface area contributed by atoms with Gasteiger partial charge in [-0.25, -0.2) is 13.2 Å². The molecule has 0 saturated carbocycles. The number of carbonyl (C=O) groups excluding carboxylic acids is 1. The molecular formula is C21H27F3N4O3S. The molecule has 2 heterocycles. The molecule has 11 heteroatoms. The Morgan fingerprint density at radius 2 is 1.97 bits per heavy atom. The van der Waals surface area contributed by atoms with Gasteiger partial charge in [-0.05, 0) is 57.0 Å². The summed E-state index contributed by atoms with van der Waals surface area (Å²) in [5.41, 5.74) is -3.44. The van der Waals surface area contributed by atoms with E-state index in [9.17, 15) is 26.4 Å². The molecule has 7 nitrogen and oxygen atoms in total. The summed E-state index contributed by atoms with van der Waals surface area (Å²) in [5, 5.41) is 3.83. The van der Waals surface area contributed by atoms with Gasteiger partial charge >= 0.3 is 11.5 Å². The predicted molar refractivity (Wildman–Crippen MR) is 114 cm³/mol. The number of aromatic amines is 1. The topological polar surface area (TPSA) is 85.5 Å². The van der Waals surface area contributed by atoms with Crippen LogP contribution >= 0.6 is 0 Å². The largest absolute Gasteiger partial charge is 0.501 e. The van der Waals surface area contributed by atoms with Gasteiger partial charge < -0.3 is 20.1 Å². The zero-order valence-electron chi connectivity index (χ0n) is 18.2. The van der Waals surface area contributed by atoms with Crippen LogP contribution in [0.1, 0.15) is 37.3 Å². The Balaban J connectivity index is 1.74. The van der Waals surface area contributed by atoms with E-state index >= 15 is 0 Å². The standard InChI is InChI=1S/C21H27F3N4O3S/c1-4-28(5-2)20(29)26-13-7-15-16-8-14(32(30,31)21(22,23)24)9-17-19(16)12(10-25-17)6-18(15)27(3)11-13/h8-10,13,15,18,25H,4-7,11H2,1-3H3,(H,26,29)/t13?,15-,18-/m1/s1. The van der Waals surface area contributed by atoms with E-state index in [1.807, 2.05) is 20.9 Å². The lowest BCUT2D eigenvalue weighted by Crippen LogP contribution is -2.56. The van der Waals surface area contributed by atoms with Crippen molar-refractivity contribution in [3.63, 3.8) is 0 Å². The molecule has 1 saturated heterocycles. The van der Waals surface area contributed by atoms with E-state index < -0.39 is 20.2 Å². The van der Waals surface area contributed by atoms with E-state index in [0.29, 0.717) is 43.6 Å². The van der Waals surface area contributed by atoms with Crippen molar-refractivity contribution in [2.75, 3.05) is 26.7 Å². The predicted octanol–water partition coefficient (Wildman–Crippen LogP) is 3.23. The molecule has 1 aliphatic heterocycles. The molecule has 32 heavy (non-hydrogen) atoms. The molecule has 2 aromatic rings. The second-order valence-corrected chi connectivity index (χ2v) is 10.5. The number of aromatic nitrogens is 1. The number of halogens is 3. The fourth-order valence-electron chi connectivity index (χ4n) is 5.16. The number of urea groups is 1. The molecule has 0 bridgehead atoms. The number of hydrogen-bond acceptors (Lipinski definition) is 4. The molecular weight excluding hydrogens is 445 g/mol. The summed E-state index contributed by atoms with van der Waals surface area (Å²) in [4.78, 5) is 18.6. The minimum Gasteiger partial charge on any atom is -0.361 e. The molecule has 2 aliphatic rings. The highest BCUT2D eigenvalue weighted by Crippen LogP contribution is 2.45. The van der Waals surface area contributed by atoms with Gasteiger partial charge in [0, 0.05) is 54.7 Å². The first-order valence-electron chi connectivity index (χ1n) is 10.7. The maximum absolute atomic E-state index is 13.3. The first-order valence-corrected chi connectivity index (χ1v) is 12.2. The number of likely N-dealkylation sites (N-methyl/N-ethyl adjacent to an activating group) is 1. The summed E-state index contributed by atoms with van der Waals surface area (Å²) in [7, 11) is -3.55. The molecule has 176 valence electrons. The zero-order valence-corrected chi connectivity index (χ0v) is 19.0.